The lowest BCUT2D eigenvalue weighted by Crippen LogP contribution is -2.26. The van der Waals surface area contributed by atoms with Gasteiger partial charge < -0.3 is 5.32 Å². The zero-order chi connectivity index (χ0) is 13.8. The molecular weight excluding hydrogens is 262 g/mol. The molecule has 0 bridgehead atoms. The number of amides is 1. The third-order valence-corrected chi connectivity index (χ3v) is 3.56. The third kappa shape index (κ3) is 3.15. The van der Waals surface area contributed by atoms with Crippen molar-refractivity contribution in [1.29, 1.82) is 0 Å². The molecule has 1 heterocycles. The minimum atomic E-state index is -0.668. The second-order valence-electron chi connectivity index (χ2n) is 4.37. The van der Waals surface area contributed by atoms with Crippen molar-refractivity contribution in [2.45, 2.75) is 18.8 Å². The summed E-state index contributed by atoms with van der Waals surface area (Å²) < 4.78 is 1.77. The molecule has 1 aromatic carbocycles. The quantitative estimate of drug-likeness (QED) is 0.872. The molecule has 1 unspecified atom stereocenters. The van der Waals surface area contributed by atoms with Crippen molar-refractivity contribution in [3.63, 3.8) is 0 Å². The average molecular weight is 278 g/mol. The summed E-state index contributed by atoms with van der Waals surface area (Å²) in [5.74, 6) is -0.198. The van der Waals surface area contributed by atoms with Crippen LogP contribution in [-0.4, -0.2) is 15.7 Å². The Balaban J connectivity index is 1.97. The monoisotopic (exact) mass is 277 g/mol. The lowest BCUT2D eigenvalue weighted by atomic mass is 10.1. The molecule has 1 N–H and O–H groups in total. The Labute approximate surface area is 117 Å². The Morgan fingerprint density at radius 3 is 2.68 bits per heavy atom. The minimum absolute atomic E-state index is 0.198. The molecule has 1 atom stereocenters. The number of aryl methyl sites for hydroxylation is 1. The van der Waals surface area contributed by atoms with Crippen LogP contribution in [0.2, 0.25) is 0 Å². The molecule has 0 fully saturated rings. The van der Waals surface area contributed by atoms with Gasteiger partial charge in [0.15, 0.2) is 0 Å². The Morgan fingerprint density at radius 1 is 1.42 bits per heavy atom. The normalized spacial score (nSPS) is 12.2. The predicted molar refractivity (Wildman–Crippen MR) is 74.8 cm³/mol. The van der Waals surface area contributed by atoms with Crippen molar-refractivity contribution in [2.75, 3.05) is 0 Å². The number of alkyl halides is 1. The molecule has 0 aliphatic carbocycles. The maximum atomic E-state index is 12.0. The second-order valence-corrected chi connectivity index (χ2v) is 4.81. The van der Waals surface area contributed by atoms with Gasteiger partial charge in [-0.3, -0.25) is 9.48 Å². The first kappa shape index (κ1) is 13.6. The van der Waals surface area contributed by atoms with Crippen LogP contribution in [0.5, 0.6) is 0 Å². The van der Waals surface area contributed by atoms with Gasteiger partial charge in [-0.15, -0.1) is 11.6 Å². The van der Waals surface area contributed by atoms with E-state index in [0.29, 0.717) is 6.54 Å². The summed E-state index contributed by atoms with van der Waals surface area (Å²) in [5.41, 5.74) is 2.82. The zero-order valence-corrected chi connectivity index (χ0v) is 11.7. The van der Waals surface area contributed by atoms with E-state index in [0.717, 1.165) is 16.8 Å². The molecule has 0 radical (unpaired) electrons. The van der Waals surface area contributed by atoms with E-state index in [2.05, 4.69) is 10.4 Å². The summed E-state index contributed by atoms with van der Waals surface area (Å²) in [5, 5.41) is 6.29. The predicted octanol–water partition coefficient (Wildman–Crippen LogP) is 2.32. The molecule has 4 nitrogen and oxygen atoms in total. The lowest BCUT2D eigenvalue weighted by molar-refractivity contribution is -0.121. The largest absolute Gasteiger partial charge is 0.350 e. The van der Waals surface area contributed by atoms with Crippen LogP contribution in [0.25, 0.3) is 0 Å². The van der Waals surface area contributed by atoms with Crippen LogP contribution in [0.4, 0.5) is 0 Å². The second kappa shape index (κ2) is 5.89. The van der Waals surface area contributed by atoms with Crippen molar-refractivity contribution >= 4 is 17.5 Å². The molecule has 0 aliphatic rings. The average Bonchev–Trinajstić information content (AvgIpc) is 2.76. The maximum Gasteiger partial charge on any atom is 0.242 e. The van der Waals surface area contributed by atoms with Gasteiger partial charge in [0, 0.05) is 24.8 Å². The Bertz CT molecular complexity index is 565. The molecule has 2 aromatic rings. The number of nitrogens with zero attached hydrogens (tertiary/aromatic N) is 2. The third-order valence-electron chi connectivity index (χ3n) is 3.11. The minimum Gasteiger partial charge on any atom is -0.350 e. The fraction of sp³-hybridized carbons (Fsp3) is 0.286. The van der Waals surface area contributed by atoms with Crippen molar-refractivity contribution < 1.29 is 4.79 Å². The lowest BCUT2D eigenvalue weighted by Gasteiger charge is -2.10. The Morgan fingerprint density at radius 2 is 2.11 bits per heavy atom. The van der Waals surface area contributed by atoms with Crippen LogP contribution in [0.3, 0.4) is 0 Å². The summed E-state index contributed by atoms with van der Waals surface area (Å²) >= 11 is 6.14. The molecular formula is C14H16ClN3O. The van der Waals surface area contributed by atoms with Crippen LogP contribution in [0, 0.1) is 6.92 Å². The van der Waals surface area contributed by atoms with Crippen molar-refractivity contribution in [2.24, 2.45) is 7.05 Å². The highest BCUT2D eigenvalue weighted by Crippen LogP contribution is 2.20. The summed E-state index contributed by atoms with van der Waals surface area (Å²) in [4.78, 5) is 12.0. The van der Waals surface area contributed by atoms with E-state index in [4.69, 9.17) is 11.6 Å². The van der Waals surface area contributed by atoms with E-state index in [9.17, 15) is 4.79 Å². The Hall–Kier alpha value is -1.81. The maximum absolute atomic E-state index is 12.0. The number of hydrogen-bond acceptors (Lipinski definition) is 2. The van der Waals surface area contributed by atoms with E-state index in [1.54, 1.807) is 10.9 Å². The molecule has 19 heavy (non-hydrogen) atoms. The van der Waals surface area contributed by atoms with Crippen molar-refractivity contribution in [3.8, 4) is 0 Å². The molecule has 0 aliphatic heterocycles. The van der Waals surface area contributed by atoms with Gasteiger partial charge in [-0.2, -0.15) is 5.10 Å². The van der Waals surface area contributed by atoms with E-state index < -0.39 is 5.38 Å². The highest BCUT2D eigenvalue weighted by Gasteiger charge is 2.17. The van der Waals surface area contributed by atoms with Crippen LogP contribution in [0.1, 0.15) is 22.2 Å². The summed E-state index contributed by atoms with van der Waals surface area (Å²) in [6.07, 6.45) is 1.75. The SMILES string of the molecule is Cc1c(CNC(=O)C(Cl)c2ccccc2)cnn1C. The molecule has 1 aromatic heterocycles. The van der Waals surface area contributed by atoms with Crippen molar-refractivity contribution in [3.05, 3.63) is 53.3 Å². The van der Waals surface area contributed by atoms with Gasteiger partial charge in [0.05, 0.1) is 6.20 Å². The molecule has 0 spiro atoms. The van der Waals surface area contributed by atoms with Crippen LogP contribution in [0.15, 0.2) is 36.5 Å². The molecule has 2 rings (SSSR count). The number of nitrogens with one attached hydrogen (secondary N) is 1. The number of carbonyl (C=O) groups excluding carboxylic acids is 1. The number of halogens is 1. The van der Waals surface area contributed by atoms with Crippen LogP contribution < -0.4 is 5.32 Å². The smallest absolute Gasteiger partial charge is 0.242 e. The van der Waals surface area contributed by atoms with Crippen LogP contribution >= 0.6 is 11.6 Å². The topological polar surface area (TPSA) is 46.9 Å². The molecule has 5 heteroatoms. The fourth-order valence-electron chi connectivity index (χ4n) is 1.76. The van der Waals surface area contributed by atoms with Gasteiger partial charge in [0.2, 0.25) is 5.91 Å². The standard InChI is InChI=1S/C14H16ClN3O/c1-10-12(9-17-18(10)2)8-16-14(19)13(15)11-6-4-3-5-7-11/h3-7,9,13H,8H2,1-2H3,(H,16,19). The van der Waals surface area contributed by atoms with Gasteiger partial charge in [-0.25, -0.2) is 0 Å². The Kier molecular flexibility index (Phi) is 4.22. The summed E-state index contributed by atoms with van der Waals surface area (Å²) in [6, 6.07) is 9.30. The molecule has 1 amide bonds. The van der Waals surface area contributed by atoms with Gasteiger partial charge >= 0.3 is 0 Å². The number of aromatic nitrogens is 2. The van der Waals surface area contributed by atoms with E-state index >= 15 is 0 Å². The number of benzene rings is 1. The first-order chi connectivity index (χ1) is 9.09. The molecule has 0 saturated heterocycles. The summed E-state index contributed by atoms with van der Waals surface area (Å²) in [6.45, 7) is 2.40. The van der Waals surface area contributed by atoms with Crippen LogP contribution in [-0.2, 0) is 18.4 Å². The molecule has 0 saturated carbocycles. The fourth-order valence-corrected chi connectivity index (χ4v) is 1.99. The number of hydrogen-bond donors (Lipinski definition) is 1. The van der Waals surface area contributed by atoms with Gasteiger partial charge in [0.1, 0.15) is 5.38 Å². The molecule has 100 valence electrons. The van der Waals surface area contributed by atoms with Gasteiger partial charge in [-0.1, -0.05) is 30.3 Å². The number of rotatable bonds is 4. The highest BCUT2D eigenvalue weighted by atomic mass is 35.5. The van der Waals surface area contributed by atoms with E-state index in [1.165, 1.54) is 0 Å². The first-order valence-electron chi connectivity index (χ1n) is 6.04. The van der Waals surface area contributed by atoms with Gasteiger partial charge in [-0.05, 0) is 12.5 Å². The highest BCUT2D eigenvalue weighted by molar-refractivity contribution is 6.30. The van der Waals surface area contributed by atoms with E-state index in [1.807, 2.05) is 44.3 Å². The van der Waals surface area contributed by atoms with Gasteiger partial charge in [0.25, 0.3) is 0 Å². The summed E-state index contributed by atoms with van der Waals surface area (Å²) in [7, 11) is 1.87. The van der Waals surface area contributed by atoms with E-state index in [-0.39, 0.29) is 5.91 Å². The first-order valence-corrected chi connectivity index (χ1v) is 6.47. The zero-order valence-electron chi connectivity index (χ0n) is 10.9. The van der Waals surface area contributed by atoms with Crippen molar-refractivity contribution in [1.82, 2.24) is 15.1 Å². The number of carbonyl (C=O) groups is 1.